The van der Waals surface area contributed by atoms with Gasteiger partial charge in [0.15, 0.2) is 5.25 Å². The predicted octanol–water partition coefficient (Wildman–Crippen LogP) is 4.64. The minimum atomic E-state index is -4.77. The van der Waals surface area contributed by atoms with Crippen molar-refractivity contribution in [3.63, 3.8) is 0 Å². The lowest BCUT2D eigenvalue weighted by Gasteiger charge is -2.17. The van der Waals surface area contributed by atoms with Gasteiger partial charge in [0.25, 0.3) is 10.1 Å². The molecule has 0 aromatic rings. The monoisotopic (exact) mass is 450 g/mol. The standard InChI is InChI=1S/C22H42O7S/c1-16(2)9-7-11-18(5)14-28-21(23)13-20(30(25,26)27)22(24)29-15-19(6)12-8-10-17(3)4/h16-20H,7-15H2,1-6H3,(H,25,26,27)/t18-,19+,20-/m0/s1. The molecule has 8 heteroatoms. The highest BCUT2D eigenvalue weighted by atomic mass is 32.2. The molecule has 0 spiro atoms. The summed E-state index contributed by atoms with van der Waals surface area (Å²) in [6.45, 7) is 12.6. The van der Waals surface area contributed by atoms with Crippen LogP contribution >= 0.6 is 0 Å². The van der Waals surface area contributed by atoms with E-state index in [4.69, 9.17) is 9.47 Å². The molecule has 0 saturated heterocycles. The van der Waals surface area contributed by atoms with Gasteiger partial charge in [0.2, 0.25) is 0 Å². The summed E-state index contributed by atoms with van der Waals surface area (Å²) in [5, 5.41) is -1.95. The summed E-state index contributed by atoms with van der Waals surface area (Å²) in [6.07, 6.45) is 5.14. The molecule has 0 radical (unpaired) electrons. The molecule has 0 unspecified atom stereocenters. The van der Waals surface area contributed by atoms with E-state index in [0.717, 1.165) is 38.5 Å². The van der Waals surface area contributed by atoms with Crippen molar-refractivity contribution < 1.29 is 32.0 Å². The van der Waals surface area contributed by atoms with Gasteiger partial charge in [-0.3, -0.25) is 14.1 Å². The van der Waals surface area contributed by atoms with Crippen LogP contribution in [0.4, 0.5) is 0 Å². The molecule has 0 aliphatic heterocycles. The highest BCUT2D eigenvalue weighted by Crippen LogP contribution is 2.16. The van der Waals surface area contributed by atoms with E-state index in [1.165, 1.54) is 0 Å². The number of hydrogen-bond acceptors (Lipinski definition) is 6. The van der Waals surface area contributed by atoms with Gasteiger partial charge in [0.1, 0.15) is 0 Å². The number of carbonyl (C=O) groups excluding carboxylic acids is 2. The van der Waals surface area contributed by atoms with E-state index in [1.54, 1.807) is 0 Å². The van der Waals surface area contributed by atoms with E-state index in [-0.39, 0.29) is 25.0 Å². The summed E-state index contributed by atoms with van der Waals surface area (Å²) in [7, 11) is -4.77. The molecule has 178 valence electrons. The molecule has 0 aromatic heterocycles. The maximum atomic E-state index is 12.2. The van der Waals surface area contributed by atoms with Gasteiger partial charge in [-0.15, -0.1) is 0 Å². The van der Waals surface area contributed by atoms with Crippen LogP contribution in [-0.2, 0) is 29.2 Å². The zero-order valence-corrected chi connectivity index (χ0v) is 20.4. The molecule has 0 aromatic carbocycles. The van der Waals surface area contributed by atoms with Crippen LogP contribution in [0.1, 0.15) is 86.5 Å². The molecular formula is C22H42O7S. The van der Waals surface area contributed by atoms with Crippen LogP contribution in [0.15, 0.2) is 0 Å². The maximum Gasteiger partial charge on any atom is 0.327 e. The van der Waals surface area contributed by atoms with E-state index >= 15 is 0 Å². The third kappa shape index (κ3) is 14.8. The lowest BCUT2D eigenvalue weighted by atomic mass is 10.0. The van der Waals surface area contributed by atoms with Crippen LogP contribution in [0.2, 0.25) is 0 Å². The highest BCUT2D eigenvalue weighted by molar-refractivity contribution is 7.87. The summed E-state index contributed by atoms with van der Waals surface area (Å²) in [4.78, 5) is 24.2. The first-order valence-corrected chi connectivity index (χ1v) is 12.6. The summed E-state index contributed by atoms with van der Waals surface area (Å²) in [6, 6.07) is 0. The van der Waals surface area contributed by atoms with Crippen LogP contribution in [0.5, 0.6) is 0 Å². The summed E-state index contributed by atoms with van der Waals surface area (Å²) in [5.41, 5.74) is 0. The predicted molar refractivity (Wildman–Crippen MR) is 118 cm³/mol. The molecule has 3 atom stereocenters. The Balaban J connectivity index is 4.50. The van der Waals surface area contributed by atoms with Crippen molar-refractivity contribution in [3.05, 3.63) is 0 Å². The lowest BCUT2D eigenvalue weighted by molar-refractivity contribution is -0.151. The first-order valence-electron chi connectivity index (χ1n) is 11.1. The fourth-order valence-corrected chi connectivity index (χ4v) is 3.65. The van der Waals surface area contributed by atoms with Gasteiger partial charge in [-0.25, -0.2) is 0 Å². The Kier molecular flexibility index (Phi) is 14.2. The molecule has 0 bridgehead atoms. The molecule has 0 aliphatic carbocycles. The largest absolute Gasteiger partial charge is 0.465 e. The Bertz CT molecular complexity index is 599. The fraction of sp³-hybridized carbons (Fsp3) is 0.909. The topological polar surface area (TPSA) is 107 Å². The van der Waals surface area contributed by atoms with Crippen molar-refractivity contribution >= 4 is 22.1 Å². The second kappa shape index (κ2) is 14.8. The van der Waals surface area contributed by atoms with Gasteiger partial charge in [0.05, 0.1) is 19.6 Å². The average molecular weight is 451 g/mol. The summed E-state index contributed by atoms with van der Waals surface area (Å²) in [5.74, 6) is -0.555. The number of rotatable bonds is 16. The molecule has 7 nitrogen and oxygen atoms in total. The Morgan fingerprint density at radius 2 is 1.20 bits per heavy atom. The lowest BCUT2D eigenvalue weighted by Crippen LogP contribution is -2.35. The minimum Gasteiger partial charge on any atom is -0.465 e. The van der Waals surface area contributed by atoms with E-state index in [0.29, 0.717) is 11.8 Å². The quantitative estimate of drug-likeness (QED) is 0.269. The van der Waals surface area contributed by atoms with Crippen LogP contribution < -0.4 is 0 Å². The molecule has 0 saturated carbocycles. The van der Waals surface area contributed by atoms with Crippen molar-refractivity contribution in [1.82, 2.24) is 0 Å². The SMILES string of the molecule is CC(C)CCC[C@@H](C)COC(=O)[C@H](CC(=O)OC[C@@H](C)CCCC(C)C)S(=O)(=O)O. The molecule has 0 aliphatic rings. The number of esters is 2. The van der Waals surface area contributed by atoms with Crippen molar-refractivity contribution in [1.29, 1.82) is 0 Å². The second-order valence-corrected chi connectivity index (χ2v) is 11.0. The van der Waals surface area contributed by atoms with Gasteiger partial charge in [-0.1, -0.05) is 67.2 Å². The van der Waals surface area contributed by atoms with Crippen molar-refractivity contribution in [2.24, 2.45) is 23.7 Å². The summed E-state index contributed by atoms with van der Waals surface area (Å²) < 4.78 is 42.7. The second-order valence-electron chi connectivity index (χ2n) is 9.38. The van der Waals surface area contributed by atoms with Crippen LogP contribution in [0.3, 0.4) is 0 Å². The third-order valence-electron chi connectivity index (χ3n) is 4.97. The Morgan fingerprint density at radius 3 is 1.60 bits per heavy atom. The first-order chi connectivity index (χ1) is 13.8. The van der Waals surface area contributed by atoms with E-state index < -0.39 is 33.7 Å². The normalized spacial score (nSPS) is 15.1. The van der Waals surface area contributed by atoms with Gasteiger partial charge in [0, 0.05) is 0 Å². The van der Waals surface area contributed by atoms with Gasteiger partial charge in [-0.05, 0) is 36.5 Å². The van der Waals surface area contributed by atoms with Gasteiger partial charge in [-0.2, -0.15) is 8.42 Å². The van der Waals surface area contributed by atoms with Gasteiger partial charge < -0.3 is 9.47 Å². The molecular weight excluding hydrogens is 408 g/mol. The summed E-state index contributed by atoms with van der Waals surface area (Å²) >= 11 is 0. The van der Waals surface area contributed by atoms with Crippen LogP contribution in [-0.4, -0.2) is 43.4 Å². The number of hydrogen-bond donors (Lipinski definition) is 1. The van der Waals surface area contributed by atoms with Crippen molar-refractivity contribution in [2.45, 2.75) is 91.7 Å². The molecule has 0 rings (SSSR count). The number of ether oxygens (including phenoxy) is 2. The first kappa shape index (κ1) is 28.9. The van der Waals surface area contributed by atoms with E-state index in [9.17, 15) is 22.6 Å². The van der Waals surface area contributed by atoms with E-state index in [2.05, 4.69) is 27.7 Å². The molecule has 1 N–H and O–H groups in total. The molecule has 0 fully saturated rings. The number of carbonyl (C=O) groups is 2. The van der Waals surface area contributed by atoms with Crippen LogP contribution in [0.25, 0.3) is 0 Å². The van der Waals surface area contributed by atoms with Crippen LogP contribution in [0, 0.1) is 23.7 Å². The zero-order valence-electron chi connectivity index (χ0n) is 19.6. The van der Waals surface area contributed by atoms with Crippen molar-refractivity contribution in [3.8, 4) is 0 Å². The molecule has 0 amide bonds. The Hall–Kier alpha value is -1.15. The van der Waals surface area contributed by atoms with Crippen molar-refractivity contribution in [2.75, 3.05) is 13.2 Å². The average Bonchev–Trinajstić information content (AvgIpc) is 2.60. The van der Waals surface area contributed by atoms with Gasteiger partial charge >= 0.3 is 11.9 Å². The minimum absolute atomic E-state index is 0.0465. The van der Waals surface area contributed by atoms with E-state index in [1.807, 2.05) is 13.8 Å². The molecule has 30 heavy (non-hydrogen) atoms. The zero-order chi connectivity index (χ0) is 23.3. The Morgan fingerprint density at radius 1 is 0.767 bits per heavy atom. The smallest absolute Gasteiger partial charge is 0.327 e. The maximum absolute atomic E-state index is 12.2. The highest BCUT2D eigenvalue weighted by Gasteiger charge is 2.36. The molecule has 0 heterocycles. The Labute approximate surface area is 183 Å². The fourth-order valence-electron chi connectivity index (χ4n) is 2.99. The third-order valence-corrected chi connectivity index (χ3v) is 6.05.